The fourth-order valence-corrected chi connectivity index (χ4v) is 5.02. The first kappa shape index (κ1) is 10.3. The van der Waals surface area contributed by atoms with Crippen LogP contribution in [0.15, 0.2) is 30.3 Å². The molecule has 0 bridgehead atoms. The number of fused-ring (bicyclic) bond motifs is 1. The second-order valence-electron chi connectivity index (χ2n) is 3.66. The summed E-state index contributed by atoms with van der Waals surface area (Å²) >= 11 is 0.115. The third kappa shape index (κ3) is 2.22. The van der Waals surface area contributed by atoms with Crippen molar-refractivity contribution < 1.29 is 0 Å². The predicted octanol–water partition coefficient (Wildman–Crippen LogP) is 3.44. The zero-order valence-electron chi connectivity index (χ0n) is 8.62. The van der Waals surface area contributed by atoms with Gasteiger partial charge in [-0.25, -0.2) is 0 Å². The maximum absolute atomic E-state index is 2.50. The molecule has 1 aliphatic heterocycles. The summed E-state index contributed by atoms with van der Waals surface area (Å²) < 4.78 is 3.08. The van der Waals surface area contributed by atoms with Crippen LogP contribution in [0.1, 0.15) is 37.3 Å². The van der Waals surface area contributed by atoms with Gasteiger partial charge in [0, 0.05) is 0 Å². The molecule has 0 saturated heterocycles. The third-order valence-corrected chi connectivity index (χ3v) is 5.84. The van der Waals surface area contributed by atoms with Crippen molar-refractivity contribution >= 4 is 24.5 Å². The molecular weight excluding hydrogens is 284 g/mol. The van der Waals surface area contributed by atoms with Gasteiger partial charge in [-0.05, 0) is 0 Å². The molecule has 0 fully saturated rings. The summed E-state index contributed by atoms with van der Waals surface area (Å²) in [6.07, 6.45) is 6.44. The molecule has 14 heavy (non-hydrogen) atoms. The average Bonchev–Trinajstić information content (AvgIpc) is 2.63. The van der Waals surface area contributed by atoms with Gasteiger partial charge < -0.3 is 0 Å². The van der Waals surface area contributed by atoms with Crippen LogP contribution in [-0.2, 0) is 4.47 Å². The van der Waals surface area contributed by atoms with Gasteiger partial charge in [-0.15, -0.1) is 0 Å². The summed E-state index contributed by atoms with van der Waals surface area (Å²) in [7, 11) is 0. The van der Waals surface area contributed by atoms with Gasteiger partial charge in [0.25, 0.3) is 0 Å². The molecule has 1 heteroatoms. The molecular formula is C13H16Te. The van der Waals surface area contributed by atoms with Crippen molar-refractivity contribution in [3.8, 4) is 0 Å². The van der Waals surface area contributed by atoms with E-state index >= 15 is 0 Å². The van der Waals surface area contributed by atoms with E-state index in [4.69, 9.17) is 0 Å². The summed E-state index contributed by atoms with van der Waals surface area (Å²) in [5.74, 6) is 0. The Labute approximate surface area is 96.5 Å². The van der Waals surface area contributed by atoms with E-state index in [9.17, 15) is 0 Å². The number of rotatable bonds is 3. The standard InChI is InChI=1S/C13H16Te/c1-2-3-4-9-13-12-8-6-5-7-11(12)10-14-13/h5-9H,2-4,10H2,1H3/b13-9+. The van der Waals surface area contributed by atoms with Crippen LogP contribution in [0.3, 0.4) is 0 Å². The van der Waals surface area contributed by atoms with E-state index in [0.29, 0.717) is 0 Å². The summed E-state index contributed by atoms with van der Waals surface area (Å²) in [4.78, 5) is 0. The second-order valence-corrected chi connectivity index (χ2v) is 6.56. The minimum atomic E-state index is 0.115. The summed E-state index contributed by atoms with van der Waals surface area (Å²) in [6, 6.07) is 8.93. The Bertz CT molecular complexity index is 339. The van der Waals surface area contributed by atoms with Crippen LogP contribution >= 0.6 is 0 Å². The van der Waals surface area contributed by atoms with Crippen LogP contribution in [0, 0.1) is 0 Å². The average molecular weight is 300 g/mol. The van der Waals surface area contributed by atoms with Gasteiger partial charge in [-0.1, -0.05) is 0 Å². The number of benzene rings is 1. The van der Waals surface area contributed by atoms with E-state index in [1.165, 1.54) is 23.7 Å². The first-order valence-corrected chi connectivity index (χ1v) is 8.14. The fourth-order valence-electron chi connectivity index (χ4n) is 1.73. The number of allylic oxidation sites excluding steroid dienone is 1. The van der Waals surface area contributed by atoms with Crippen LogP contribution in [0.25, 0.3) is 3.62 Å². The molecule has 0 saturated carbocycles. The number of unbranched alkanes of at least 4 members (excludes halogenated alkanes) is 2. The van der Waals surface area contributed by atoms with Crippen molar-refractivity contribution in [2.75, 3.05) is 0 Å². The first-order chi connectivity index (χ1) is 6.92. The first-order valence-electron chi connectivity index (χ1n) is 5.33. The Balaban J connectivity index is 2.13. The molecule has 1 aromatic rings. The Morgan fingerprint density at radius 1 is 1.36 bits per heavy atom. The Kier molecular flexibility index (Phi) is 3.67. The summed E-state index contributed by atoms with van der Waals surface area (Å²) in [5.41, 5.74) is 3.16. The molecule has 0 N–H and O–H groups in total. The molecule has 1 aliphatic rings. The van der Waals surface area contributed by atoms with Crippen molar-refractivity contribution in [3.05, 3.63) is 41.5 Å². The summed E-state index contributed by atoms with van der Waals surface area (Å²) in [6.45, 7) is 2.26. The van der Waals surface area contributed by atoms with Gasteiger partial charge in [0.05, 0.1) is 0 Å². The van der Waals surface area contributed by atoms with E-state index in [2.05, 4.69) is 37.3 Å². The molecule has 0 nitrogen and oxygen atoms in total. The molecule has 0 aromatic heterocycles. The molecule has 0 radical (unpaired) electrons. The molecule has 0 spiro atoms. The number of hydrogen-bond acceptors (Lipinski definition) is 0. The SMILES string of the molecule is CCCC/C=C1/[Te]Cc2ccccc21. The molecule has 74 valence electrons. The zero-order chi connectivity index (χ0) is 9.80. The fraction of sp³-hybridized carbons (Fsp3) is 0.385. The van der Waals surface area contributed by atoms with E-state index in [0.717, 1.165) is 0 Å². The Morgan fingerprint density at radius 2 is 2.21 bits per heavy atom. The van der Waals surface area contributed by atoms with Gasteiger partial charge >= 0.3 is 96.7 Å². The normalized spacial score (nSPS) is 17.4. The summed E-state index contributed by atoms with van der Waals surface area (Å²) in [5, 5.41) is 0. The van der Waals surface area contributed by atoms with Crippen molar-refractivity contribution in [1.29, 1.82) is 0 Å². The van der Waals surface area contributed by atoms with E-state index < -0.39 is 0 Å². The van der Waals surface area contributed by atoms with Crippen molar-refractivity contribution in [2.45, 2.75) is 30.7 Å². The third-order valence-electron chi connectivity index (χ3n) is 2.55. The van der Waals surface area contributed by atoms with E-state index in [1.54, 1.807) is 14.7 Å². The molecule has 0 amide bonds. The van der Waals surface area contributed by atoms with Gasteiger partial charge in [0.1, 0.15) is 0 Å². The minimum absolute atomic E-state index is 0.115. The van der Waals surface area contributed by atoms with Gasteiger partial charge in [-0.3, -0.25) is 0 Å². The van der Waals surface area contributed by atoms with Crippen LogP contribution in [0.5, 0.6) is 0 Å². The van der Waals surface area contributed by atoms with Gasteiger partial charge in [-0.2, -0.15) is 0 Å². The monoisotopic (exact) mass is 302 g/mol. The van der Waals surface area contributed by atoms with Crippen molar-refractivity contribution in [3.63, 3.8) is 0 Å². The van der Waals surface area contributed by atoms with Crippen LogP contribution in [0.2, 0.25) is 0 Å². The van der Waals surface area contributed by atoms with Gasteiger partial charge in [0.2, 0.25) is 0 Å². The molecule has 1 heterocycles. The molecule has 2 rings (SSSR count). The Hall–Kier alpha value is -0.250. The quantitative estimate of drug-likeness (QED) is 0.592. The topological polar surface area (TPSA) is 0 Å². The van der Waals surface area contributed by atoms with Crippen molar-refractivity contribution in [2.24, 2.45) is 0 Å². The second kappa shape index (κ2) is 5.01. The Morgan fingerprint density at radius 3 is 3.07 bits per heavy atom. The molecule has 0 unspecified atom stereocenters. The predicted molar refractivity (Wildman–Crippen MR) is 63.4 cm³/mol. The maximum atomic E-state index is 2.50. The van der Waals surface area contributed by atoms with Crippen LogP contribution in [-0.4, -0.2) is 20.9 Å². The molecule has 0 aliphatic carbocycles. The molecule has 0 atom stereocenters. The van der Waals surface area contributed by atoms with Gasteiger partial charge in [0.15, 0.2) is 0 Å². The number of hydrogen-bond donors (Lipinski definition) is 0. The zero-order valence-corrected chi connectivity index (χ0v) is 11.0. The van der Waals surface area contributed by atoms with E-state index in [-0.39, 0.29) is 20.9 Å². The van der Waals surface area contributed by atoms with Crippen LogP contribution < -0.4 is 0 Å². The van der Waals surface area contributed by atoms with Crippen LogP contribution in [0.4, 0.5) is 0 Å². The van der Waals surface area contributed by atoms with E-state index in [1.807, 2.05) is 0 Å². The van der Waals surface area contributed by atoms with Crippen molar-refractivity contribution in [1.82, 2.24) is 0 Å². The molecule has 1 aromatic carbocycles.